The molecule has 0 aromatic rings. The molecule has 2 fully saturated rings. The van der Waals surface area contributed by atoms with Gasteiger partial charge in [0.2, 0.25) is 0 Å². The number of rotatable bonds is 2. The van der Waals surface area contributed by atoms with Crippen molar-refractivity contribution in [3.05, 3.63) is 0 Å². The van der Waals surface area contributed by atoms with E-state index >= 15 is 0 Å². The van der Waals surface area contributed by atoms with Crippen molar-refractivity contribution >= 4 is 0 Å². The molecule has 0 spiro atoms. The maximum Gasteiger partial charge on any atom is 0.00698 e. The first-order valence-electron chi connectivity index (χ1n) is 4.63. The summed E-state index contributed by atoms with van der Waals surface area (Å²) >= 11 is 0. The molecule has 2 aliphatic rings. The molecule has 0 aromatic carbocycles. The Morgan fingerprint density at radius 3 is 2.73 bits per heavy atom. The van der Waals surface area contributed by atoms with Crippen LogP contribution in [0.3, 0.4) is 0 Å². The number of fused-ring (bicyclic) bond motifs is 1. The van der Waals surface area contributed by atoms with Crippen LogP contribution >= 0.6 is 0 Å². The van der Waals surface area contributed by atoms with Gasteiger partial charge in [-0.1, -0.05) is 13.3 Å². The van der Waals surface area contributed by atoms with E-state index in [0.29, 0.717) is 0 Å². The minimum atomic E-state index is 0. The van der Waals surface area contributed by atoms with E-state index in [1.165, 1.54) is 32.2 Å². The molecule has 3 atom stereocenters. The normalized spacial score (nSPS) is 40.6. The third kappa shape index (κ3) is 2.50. The third-order valence-corrected chi connectivity index (χ3v) is 2.96. The molecule has 1 nitrogen and oxygen atoms in total. The van der Waals surface area contributed by atoms with Gasteiger partial charge in [0.05, 0.1) is 0 Å². The van der Waals surface area contributed by atoms with Crippen LogP contribution in [0.1, 0.15) is 32.6 Å². The van der Waals surface area contributed by atoms with E-state index in [0.717, 1.165) is 17.9 Å². The van der Waals surface area contributed by atoms with E-state index in [1.54, 1.807) is 0 Å². The molecule has 3 unspecified atom stereocenters. The summed E-state index contributed by atoms with van der Waals surface area (Å²) in [5.74, 6) is 2.20. The summed E-state index contributed by atoms with van der Waals surface area (Å²) in [6.45, 7) is 3.59. The number of piperidine rings is 1. The first kappa shape index (κ1) is 10.1. The fourth-order valence-electron chi connectivity index (χ4n) is 2.18. The second-order valence-electron chi connectivity index (χ2n) is 3.89. The Morgan fingerprint density at radius 2 is 2.09 bits per heavy atom. The van der Waals surface area contributed by atoms with Gasteiger partial charge in [-0.25, -0.2) is 0 Å². The fourth-order valence-corrected chi connectivity index (χ4v) is 2.18. The largest absolute Gasteiger partial charge is 0.314 e. The van der Waals surface area contributed by atoms with E-state index in [2.05, 4.69) is 12.2 Å². The molecule has 0 bridgehead atoms. The maximum atomic E-state index is 3.61. The quantitative estimate of drug-likeness (QED) is 0.759. The minimum Gasteiger partial charge on any atom is -0.314 e. The van der Waals surface area contributed by atoms with Crippen molar-refractivity contribution in [2.24, 2.45) is 11.8 Å². The Bertz CT molecular complexity index is 127. The molecule has 1 radical (unpaired) electrons. The molecule has 1 aliphatic carbocycles. The summed E-state index contributed by atoms with van der Waals surface area (Å²) < 4.78 is 0. The van der Waals surface area contributed by atoms with Gasteiger partial charge in [-0.05, 0) is 37.6 Å². The van der Waals surface area contributed by atoms with Crippen LogP contribution in [0.4, 0.5) is 0 Å². The summed E-state index contributed by atoms with van der Waals surface area (Å²) in [6.07, 6.45) is 5.73. The molecule has 61 valence electrons. The molecule has 1 N–H and O–H groups in total. The van der Waals surface area contributed by atoms with Gasteiger partial charge >= 0.3 is 0 Å². The Morgan fingerprint density at radius 1 is 1.27 bits per heavy atom. The van der Waals surface area contributed by atoms with Crippen molar-refractivity contribution in [2.75, 3.05) is 6.54 Å². The topological polar surface area (TPSA) is 12.0 Å². The summed E-state index contributed by atoms with van der Waals surface area (Å²) in [5, 5.41) is 3.61. The third-order valence-electron chi connectivity index (χ3n) is 2.96. The van der Waals surface area contributed by atoms with Crippen molar-refractivity contribution in [3.63, 3.8) is 0 Å². The Kier molecular flexibility index (Phi) is 4.01. The molecule has 11 heavy (non-hydrogen) atoms. The molecule has 0 aromatic heterocycles. The Balaban J connectivity index is 0.000000605. The predicted molar refractivity (Wildman–Crippen MR) is 42.9 cm³/mol. The SMILES string of the molecule is CCCC1CC2CC2CN1.[Y]. The number of nitrogens with one attached hydrogen (secondary N) is 1. The molecule has 1 saturated heterocycles. The molecule has 2 rings (SSSR count). The second-order valence-corrected chi connectivity index (χ2v) is 3.89. The molecule has 0 amide bonds. The summed E-state index contributed by atoms with van der Waals surface area (Å²) in [5.41, 5.74) is 0. The van der Waals surface area contributed by atoms with Crippen molar-refractivity contribution < 1.29 is 32.7 Å². The van der Waals surface area contributed by atoms with Crippen LogP contribution in [0, 0.1) is 11.8 Å². The van der Waals surface area contributed by atoms with Crippen molar-refractivity contribution in [1.29, 1.82) is 0 Å². The van der Waals surface area contributed by atoms with Crippen LogP contribution in [0.5, 0.6) is 0 Å². The van der Waals surface area contributed by atoms with Crippen LogP contribution in [0.2, 0.25) is 0 Å². The summed E-state index contributed by atoms with van der Waals surface area (Å²) in [4.78, 5) is 0. The van der Waals surface area contributed by atoms with E-state index in [4.69, 9.17) is 0 Å². The molecular weight excluding hydrogens is 211 g/mol. The zero-order chi connectivity index (χ0) is 6.97. The first-order chi connectivity index (χ1) is 4.90. The van der Waals surface area contributed by atoms with Crippen LogP contribution in [-0.2, 0) is 32.7 Å². The first-order valence-corrected chi connectivity index (χ1v) is 4.63. The van der Waals surface area contributed by atoms with Crippen LogP contribution in [-0.4, -0.2) is 12.6 Å². The van der Waals surface area contributed by atoms with Gasteiger partial charge in [0, 0.05) is 38.8 Å². The van der Waals surface area contributed by atoms with Gasteiger partial charge in [-0.15, -0.1) is 0 Å². The second kappa shape index (κ2) is 4.34. The smallest absolute Gasteiger partial charge is 0.00698 e. The average molecular weight is 228 g/mol. The predicted octanol–water partition coefficient (Wildman–Crippen LogP) is 1.78. The van der Waals surface area contributed by atoms with Crippen LogP contribution in [0.15, 0.2) is 0 Å². The summed E-state index contributed by atoms with van der Waals surface area (Å²) in [6, 6.07) is 0.869. The van der Waals surface area contributed by atoms with Gasteiger partial charge in [-0.3, -0.25) is 0 Å². The van der Waals surface area contributed by atoms with Crippen molar-refractivity contribution in [3.8, 4) is 0 Å². The monoisotopic (exact) mass is 228 g/mol. The van der Waals surface area contributed by atoms with Gasteiger partial charge in [0.25, 0.3) is 0 Å². The standard InChI is InChI=1S/C9H17N.Y/c1-2-3-9-5-7-4-8(7)6-10-9;/h7-10H,2-6H2,1H3;. The zero-order valence-electron chi connectivity index (χ0n) is 7.34. The summed E-state index contributed by atoms with van der Waals surface area (Å²) in [7, 11) is 0. The van der Waals surface area contributed by atoms with Gasteiger partial charge in [0.1, 0.15) is 0 Å². The zero-order valence-corrected chi connectivity index (χ0v) is 10.2. The van der Waals surface area contributed by atoms with E-state index in [1.807, 2.05) is 0 Å². The van der Waals surface area contributed by atoms with Gasteiger partial charge in [-0.2, -0.15) is 0 Å². The molecule has 2 heteroatoms. The molecule has 1 saturated carbocycles. The van der Waals surface area contributed by atoms with Crippen molar-refractivity contribution in [1.82, 2.24) is 5.32 Å². The van der Waals surface area contributed by atoms with Crippen LogP contribution < -0.4 is 5.32 Å². The van der Waals surface area contributed by atoms with Crippen LogP contribution in [0.25, 0.3) is 0 Å². The number of hydrogen-bond acceptors (Lipinski definition) is 1. The fraction of sp³-hybridized carbons (Fsp3) is 1.00. The molecule has 1 heterocycles. The maximum absolute atomic E-state index is 3.61. The Labute approximate surface area is 94.6 Å². The van der Waals surface area contributed by atoms with Gasteiger partial charge in [0.15, 0.2) is 0 Å². The molecular formula is C9H17NY. The van der Waals surface area contributed by atoms with E-state index in [-0.39, 0.29) is 32.7 Å². The average Bonchev–Trinajstić information content (AvgIpc) is 2.66. The van der Waals surface area contributed by atoms with Crippen molar-refractivity contribution in [2.45, 2.75) is 38.6 Å². The van der Waals surface area contributed by atoms with E-state index < -0.39 is 0 Å². The minimum absolute atomic E-state index is 0. The van der Waals surface area contributed by atoms with E-state index in [9.17, 15) is 0 Å². The Hall–Kier alpha value is 1.06. The van der Waals surface area contributed by atoms with Gasteiger partial charge < -0.3 is 5.32 Å². The number of hydrogen-bond donors (Lipinski definition) is 1. The molecule has 1 aliphatic heterocycles.